The number of nitrogens with one attached hydrogen (secondary N) is 1. The highest BCUT2D eigenvalue weighted by Crippen LogP contribution is 2.35. The molecule has 1 amide bonds. The fraction of sp³-hybridized carbons (Fsp3) is 0.143. The molecule has 26 heavy (non-hydrogen) atoms. The Hall–Kier alpha value is -3.34. The maximum atomic E-state index is 12.4. The van der Waals surface area contributed by atoms with E-state index in [1.807, 2.05) is 73.7 Å². The van der Waals surface area contributed by atoms with Gasteiger partial charge in [0.15, 0.2) is 11.5 Å². The van der Waals surface area contributed by atoms with Gasteiger partial charge in [0.1, 0.15) is 6.61 Å². The number of hydrogen-bond donors (Lipinski definition) is 1. The highest BCUT2D eigenvalue weighted by Gasteiger charge is 2.27. The molecule has 1 N–H and O–H groups in total. The Labute approximate surface area is 151 Å². The van der Waals surface area contributed by atoms with Crippen LogP contribution in [-0.4, -0.2) is 24.3 Å². The summed E-state index contributed by atoms with van der Waals surface area (Å²) in [5.41, 5.74) is 4.24. The molecule has 0 radical (unpaired) electrons. The minimum atomic E-state index is -0.740. The van der Waals surface area contributed by atoms with Crippen LogP contribution in [0.25, 0.3) is 10.8 Å². The van der Waals surface area contributed by atoms with Crippen molar-refractivity contribution in [3.8, 4) is 11.5 Å². The number of carbonyl (C=O) groups excluding carboxylic acids is 1. The van der Waals surface area contributed by atoms with Crippen molar-refractivity contribution in [3.63, 3.8) is 0 Å². The lowest BCUT2D eigenvalue weighted by molar-refractivity contribution is -0.130. The van der Waals surface area contributed by atoms with E-state index in [0.29, 0.717) is 11.5 Å². The first-order valence-corrected chi connectivity index (χ1v) is 8.42. The van der Waals surface area contributed by atoms with Gasteiger partial charge in [-0.3, -0.25) is 4.79 Å². The number of carbonyl (C=O) groups is 1. The zero-order chi connectivity index (χ0) is 17.9. The van der Waals surface area contributed by atoms with E-state index in [4.69, 9.17) is 9.47 Å². The average molecular weight is 346 g/mol. The summed E-state index contributed by atoms with van der Waals surface area (Å²) in [7, 11) is 0. The molecule has 3 aromatic carbocycles. The van der Waals surface area contributed by atoms with Gasteiger partial charge in [0.2, 0.25) is 6.10 Å². The van der Waals surface area contributed by atoms with Crippen LogP contribution in [0.1, 0.15) is 12.5 Å². The van der Waals surface area contributed by atoms with E-state index in [0.717, 1.165) is 22.0 Å². The number of ether oxygens (including phenoxy) is 2. The van der Waals surface area contributed by atoms with E-state index in [9.17, 15) is 4.79 Å². The van der Waals surface area contributed by atoms with Crippen molar-refractivity contribution in [3.05, 3.63) is 72.3 Å². The maximum Gasteiger partial charge on any atom is 0.284 e. The minimum absolute atomic E-state index is 0.150. The second-order valence-corrected chi connectivity index (χ2v) is 6.10. The molecule has 1 aliphatic heterocycles. The molecule has 0 spiro atoms. The van der Waals surface area contributed by atoms with Crippen molar-refractivity contribution < 1.29 is 14.3 Å². The van der Waals surface area contributed by atoms with Crippen molar-refractivity contribution in [2.24, 2.45) is 5.10 Å². The van der Waals surface area contributed by atoms with E-state index < -0.39 is 6.10 Å². The fourth-order valence-corrected chi connectivity index (χ4v) is 2.84. The molecule has 0 saturated carbocycles. The van der Waals surface area contributed by atoms with Gasteiger partial charge in [0, 0.05) is 0 Å². The molecule has 130 valence electrons. The average Bonchev–Trinajstić information content (AvgIpc) is 2.70. The summed E-state index contributed by atoms with van der Waals surface area (Å²) in [6, 6.07) is 21.4. The van der Waals surface area contributed by atoms with Crippen LogP contribution < -0.4 is 14.9 Å². The molecule has 0 aliphatic carbocycles. The lowest BCUT2D eigenvalue weighted by Crippen LogP contribution is -2.42. The lowest BCUT2D eigenvalue weighted by Gasteiger charge is -2.25. The van der Waals surface area contributed by atoms with Crippen molar-refractivity contribution >= 4 is 22.4 Å². The van der Waals surface area contributed by atoms with Crippen molar-refractivity contribution in [2.45, 2.75) is 13.0 Å². The number of fused-ring (bicyclic) bond motifs is 2. The highest BCUT2D eigenvalue weighted by molar-refractivity contribution is 5.99. The third kappa shape index (κ3) is 3.24. The van der Waals surface area contributed by atoms with Gasteiger partial charge < -0.3 is 9.47 Å². The molecule has 0 aromatic heterocycles. The van der Waals surface area contributed by atoms with Crippen LogP contribution in [0.5, 0.6) is 11.5 Å². The third-order valence-electron chi connectivity index (χ3n) is 4.29. The monoisotopic (exact) mass is 346 g/mol. The summed E-state index contributed by atoms with van der Waals surface area (Å²) >= 11 is 0. The van der Waals surface area contributed by atoms with Crippen molar-refractivity contribution in [1.82, 2.24) is 5.43 Å². The Morgan fingerprint density at radius 1 is 1.00 bits per heavy atom. The third-order valence-corrected chi connectivity index (χ3v) is 4.29. The molecule has 0 unspecified atom stereocenters. The van der Waals surface area contributed by atoms with Crippen LogP contribution in [0, 0.1) is 0 Å². The van der Waals surface area contributed by atoms with Crippen molar-refractivity contribution in [2.75, 3.05) is 6.61 Å². The normalized spacial score (nSPS) is 16.3. The predicted octanol–water partition coefficient (Wildman–Crippen LogP) is 3.52. The van der Waals surface area contributed by atoms with E-state index in [2.05, 4.69) is 10.5 Å². The van der Waals surface area contributed by atoms with Gasteiger partial charge in [-0.05, 0) is 35.4 Å². The van der Waals surface area contributed by atoms with Gasteiger partial charge in [0.05, 0.1) is 5.71 Å². The number of hydrazone groups is 1. The SMILES string of the molecule is C/C(=N\NC(=O)[C@H]1COc2cc3ccccc3cc2O1)c1ccccc1. The molecule has 4 rings (SSSR count). The number of hydrogen-bond acceptors (Lipinski definition) is 4. The first kappa shape index (κ1) is 16.1. The number of nitrogens with zero attached hydrogens (tertiary/aromatic N) is 1. The first-order valence-electron chi connectivity index (χ1n) is 8.42. The predicted molar refractivity (Wildman–Crippen MR) is 101 cm³/mol. The summed E-state index contributed by atoms with van der Waals surface area (Å²) in [6.07, 6.45) is -0.740. The van der Waals surface area contributed by atoms with E-state index in [1.54, 1.807) is 0 Å². The summed E-state index contributed by atoms with van der Waals surface area (Å²) in [5, 5.41) is 6.26. The Morgan fingerprint density at radius 3 is 2.38 bits per heavy atom. The summed E-state index contributed by atoms with van der Waals surface area (Å²) in [4.78, 5) is 12.4. The Morgan fingerprint density at radius 2 is 1.65 bits per heavy atom. The number of rotatable bonds is 3. The molecule has 5 nitrogen and oxygen atoms in total. The molecule has 1 atom stereocenters. The van der Waals surface area contributed by atoms with Gasteiger partial charge in [0.25, 0.3) is 5.91 Å². The molecule has 1 aliphatic rings. The van der Waals surface area contributed by atoms with Crippen molar-refractivity contribution in [1.29, 1.82) is 0 Å². The minimum Gasteiger partial charge on any atom is -0.485 e. The van der Waals surface area contributed by atoms with Gasteiger partial charge in [-0.1, -0.05) is 54.6 Å². The zero-order valence-electron chi connectivity index (χ0n) is 14.3. The van der Waals surface area contributed by atoms with Crippen LogP contribution >= 0.6 is 0 Å². The smallest absolute Gasteiger partial charge is 0.284 e. The Bertz CT molecular complexity index is 983. The molecule has 0 fully saturated rings. The standard InChI is InChI=1S/C21H18N2O3/c1-14(15-7-3-2-4-8-15)22-23-21(24)20-13-25-18-11-16-9-5-6-10-17(16)12-19(18)26-20/h2-12,20H,13H2,1H3,(H,23,24)/b22-14+/t20-/m1/s1. The second kappa shape index (κ2) is 6.88. The molecule has 0 saturated heterocycles. The largest absolute Gasteiger partial charge is 0.485 e. The zero-order valence-corrected chi connectivity index (χ0v) is 14.3. The second-order valence-electron chi connectivity index (χ2n) is 6.10. The molecule has 3 aromatic rings. The maximum absolute atomic E-state index is 12.4. The van der Waals surface area contributed by atoms with Crippen LogP contribution in [0.3, 0.4) is 0 Å². The summed E-state index contributed by atoms with van der Waals surface area (Å²) in [5.74, 6) is 0.884. The van der Waals surface area contributed by atoms with E-state index >= 15 is 0 Å². The lowest BCUT2D eigenvalue weighted by atomic mass is 10.1. The number of amides is 1. The number of benzene rings is 3. The van der Waals surface area contributed by atoms with Gasteiger partial charge in [-0.15, -0.1) is 0 Å². The van der Waals surface area contributed by atoms with E-state index in [-0.39, 0.29) is 12.5 Å². The summed E-state index contributed by atoms with van der Waals surface area (Å²) in [6.45, 7) is 1.99. The van der Waals surface area contributed by atoms with Gasteiger partial charge in [-0.2, -0.15) is 5.10 Å². The molecular formula is C21H18N2O3. The van der Waals surface area contributed by atoms with Gasteiger partial charge in [-0.25, -0.2) is 5.43 Å². The van der Waals surface area contributed by atoms with E-state index in [1.165, 1.54) is 0 Å². The Balaban J connectivity index is 1.48. The molecule has 1 heterocycles. The van der Waals surface area contributed by atoms with Crippen LogP contribution in [0.15, 0.2) is 71.8 Å². The highest BCUT2D eigenvalue weighted by atomic mass is 16.6. The molecule has 5 heteroatoms. The molecule has 0 bridgehead atoms. The quantitative estimate of drug-likeness (QED) is 0.583. The first-order chi connectivity index (χ1) is 12.7. The fourth-order valence-electron chi connectivity index (χ4n) is 2.84. The topological polar surface area (TPSA) is 59.9 Å². The summed E-state index contributed by atoms with van der Waals surface area (Å²) < 4.78 is 11.6. The van der Waals surface area contributed by atoms with Crippen LogP contribution in [0.2, 0.25) is 0 Å². The van der Waals surface area contributed by atoms with Crippen LogP contribution in [0.4, 0.5) is 0 Å². The Kier molecular flexibility index (Phi) is 4.27. The van der Waals surface area contributed by atoms with Gasteiger partial charge >= 0.3 is 0 Å². The van der Waals surface area contributed by atoms with Crippen LogP contribution in [-0.2, 0) is 4.79 Å². The molecular weight excluding hydrogens is 328 g/mol.